The number of carbonyl (C=O) groups excluding carboxylic acids is 1. The largest absolute Gasteiger partial charge is 0.372 e. The Hall–Kier alpha value is -2.87. The van der Waals surface area contributed by atoms with Crippen LogP contribution >= 0.6 is 0 Å². The Morgan fingerprint density at radius 3 is 2.39 bits per heavy atom. The van der Waals surface area contributed by atoms with Crippen molar-refractivity contribution >= 4 is 33.1 Å². The lowest BCUT2D eigenvalue weighted by atomic mass is 10.1. The van der Waals surface area contributed by atoms with E-state index in [9.17, 15) is 13.2 Å². The Balaban J connectivity index is 1.81. The zero-order valence-electron chi connectivity index (χ0n) is 18.3. The molecule has 0 radical (unpaired) electrons. The minimum absolute atomic E-state index is 0.190. The number of sulfonamides is 1. The third-order valence-electron chi connectivity index (χ3n) is 5.34. The van der Waals surface area contributed by atoms with Crippen molar-refractivity contribution in [3.63, 3.8) is 0 Å². The quantitative estimate of drug-likeness (QED) is 0.618. The van der Waals surface area contributed by atoms with Crippen LogP contribution < -0.4 is 14.9 Å². The van der Waals surface area contributed by atoms with Gasteiger partial charge in [-0.1, -0.05) is 31.9 Å². The average molecular weight is 443 g/mol. The van der Waals surface area contributed by atoms with Gasteiger partial charge in [0.15, 0.2) is 0 Å². The maximum Gasteiger partial charge on any atom is 0.263 e. The molecule has 0 aromatic heterocycles. The van der Waals surface area contributed by atoms with E-state index in [1.54, 1.807) is 24.3 Å². The molecule has 2 aromatic rings. The first-order valence-electron chi connectivity index (χ1n) is 10.8. The van der Waals surface area contributed by atoms with Crippen LogP contribution in [0.1, 0.15) is 45.6 Å². The first-order chi connectivity index (χ1) is 14.9. The zero-order chi connectivity index (χ0) is 22.4. The molecule has 3 rings (SSSR count). The van der Waals surface area contributed by atoms with E-state index in [0.717, 1.165) is 31.6 Å². The van der Waals surface area contributed by atoms with Crippen molar-refractivity contribution in [1.29, 1.82) is 0 Å². The SMILES string of the molecule is CCCCC(N=C1NS(=O)(=O)c2ccccc21)C(=O)Nc1ccc(N(CC)CC)cc1. The van der Waals surface area contributed by atoms with E-state index >= 15 is 0 Å². The molecule has 0 fully saturated rings. The van der Waals surface area contributed by atoms with Crippen molar-refractivity contribution in [2.45, 2.75) is 51.0 Å². The van der Waals surface area contributed by atoms with Crippen LogP contribution in [0.4, 0.5) is 11.4 Å². The summed E-state index contributed by atoms with van der Waals surface area (Å²) in [5.41, 5.74) is 2.29. The molecular weight excluding hydrogens is 412 g/mol. The molecule has 1 unspecified atom stereocenters. The van der Waals surface area contributed by atoms with Crippen LogP contribution in [-0.4, -0.2) is 39.3 Å². The highest BCUT2D eigenvalue weighted by Crippen LogP contribution is 2.24. The number of aliphatic imine (C=N–C) groups is 1. The van der Waals surface area contributed by atoms with E-state index in [4.69, 9.17) is 0 Å². The molecule has 1 amide bonds. The minimum atomic E-state index is -3.64. The molecule has 2 aromatic carbocycles. The summed E-state index contributed by atoms with van der Waals surface area (Å²) in [6, 6.07) is 13.7. The van der Waals surface area contributed by atoms with E-state index in [2.05, 4.69) is 33.8 Å². The third kappa shape index (κ3) is 5.25. The smallest absolute Gasteiger partial charge is 0.263 e. The van der Waals surface area contributed by atoms with Crippen LogP contribution in [0.2, 0.25) is 0 Å². The van der Waals surface area contributed by atoms with Crippen molar-refractivity contribution in [3.05, 3.63) is 54.1 Å². The molecule has 0 bridgehead atoms. The number of nitrogens with zero attached hydrogens (tertiary/aromatic N) is 2. The van der Waals surface area contributed by atoms with Gasteiger partial charge >= 0.3 is 0 Å². The first kappa shape index (κ1) is 22.8. The molecule has 1 heterocycles. The fourth-order valence-corrected chi connectivity index (χ4v) is 4.85. The van der Waals surface area contributed by atoms with Gasteiger partial charge in [0.2, 0.25) is 5.91 Å². The second kappa shape index (κ2) is 9.96. The molecule has 2 N–H and O–H groups in total. The Kier molecular flexibility index (Phi) is 7.33. The monoisotopic (exact) mass is 442 g/mol. The lowest BCUT2D eigenvalue weighted by Crippen LogP contribution is -2.30. The van der Waals surface area contributed by atoms with Crippen molar-refractivity contribution in [3.8, 4) is 0 Å². The molecule has 0 spiro atoms. The van der Waals surface area contributed by atoms with Crippen LogP contribution in [0, 0.1) is 0 Å². The number of benzene rings is 2. The number of nitrogens with one attached hydrogen (secondary N) is 2. The van der Waals surface area contributed by atoms with Gasteiger partial charge in [-0.25, -0.2) is 8.42 Å². The number of rotatable bonds is 9. The fraction of sp³-hybridized carbons (Fsp3) is 0.391. The number of amides is 1. The van der Waals surface area contributed by atoms with Crippen LogP contribution in [0.25, 0.3) is 0 Å². The molecule has 0 saturated carbocycles. The number of anilines is 2. The summed E-state index contributed by atoms with van der Waals surface area (Å²) >= 11 is 0. The minimum Gasteiger partial charge on any atom is -0.372 e. The van der Waals surface area contributed by atoms with Gasteiger partial charge in [-0.15, -0.1) is 0 Å². The van der Waals surface area contributed by atoms with E-state index in [1.807, 2.05) is 31.2 Å². The van der Waals surface area contributed by atoms with Gasteiger partial charge < -0.3 is 10.2 Å². The van der Waals surface area contributed by atoms with Gasteiger partial charge in [0.1, 0.15) is 11.9 Å². The Bertz CT molecular complexity index is 1040. The summed E-state index contributed by atoms with van der Waals surface area (Å²) in [5, 5.41) is 2.93. The maximum atomic E-state index is 13.0. The average Bonchev–Trinajstić information content (AvgIpc) is 3.03. The number of carbonyl (C=O) groups is 1. The third-order valence-corrected chi connectivity index (χ3v) is 6.74. The molecule has 8 heteroatoms. The summed E-state index contributed by atoms with van der Waals surface area (Å²) in [4.78, 5) is 19.9. The molecule has 0 aliphatic carbocycles. The van der Waals surface area contributed by atoms with E-state index in [0.29, 0.717) is 17.7 Å². The predicted octanol–water partition coefficient (Wildman–Crippen LogP) is 3.77. The summed E-state index contributed by atoms with van der Waals surface area (Å²) in [5.74, 6) is -0.0242. The van der Waals surface area contributed by atoms with Gasteiger partial charge in [0.05, 0.1) is 4.90 Å². The summed E-state index contributed by atoms with van der Waals surface area (Å²) < 4.78 is 27.2. The van der Waals surface area contributed by atoms with Gasteiger partial charge in [0.25, 0.3) is 10.0 Å². The summed E-state index contributed by atoms with van der Waals surface area (Å²) in [7, 11) is -3.64. The standard InChI is InChI=1S/C23H30N4O3S/c1-4-7-11-20(25-22-19-10-8-9-12-21(19)31(29,30)26-22)23(28)24-17-13-15-18(16-14-17)27(5-2)6-3/h8-10,12-16,20H,4-7,11H2,1-3H3,(H,24,28)(H,25,26). The second-order valence-electron chi connectivity index (χ2n) is 7.45. The van der Waals surface area contributed by atoms with Crippen LogP contribution in [0.5, 0.6) is 0 Å². The highest BCUT2D eigenvalue weighted by molar-refractivity contribution is 7.90. The summed E-state index contributed by atoms with van der Waals surface area (Å²) in [6.45, 7) is 8.08. The molecule has 0 saturated heterocycles. The Labute approximate surface area is 184 Å². The number of hydrogen-bond acceptors (Lipinski definition) is 5. The Morgan fingerprint density at radius 2 is 1.74 bits per heavy atom. The lowest BCUT2D eigenvalue weighted by Gasteiger charge is -2.21. The van der Waals surface area contributed by atoms with Crippen molar-refractivity contribution in [2.24, 2.45) is 4.99 Å². The van der Waals surface area contributed by atoms with Gasteiger partial charge in [-0.3, -0.25) is 14.5 Å². The molecule has 1 atom stereocenters. The second-order valence-corrected chi connectivity index (χ2v) is 9.10. The normalized spacial score (nSPS) is 16.4. The fourth-order valence-electron chi connectivity index (χ4n) is 3.61. The molecule has 7 nitrogen and oxygen atoms in total. The van der Waals surface area contributed by atoms with Crippen LogP contribution in [0.3, 0.4) is 0 Å². The van der Waals surface area contributed by atoms with E-state index in [-0.39, 0.29) is 16.6 Å². The summed E-state index contributed by atoms with van der Waals surface area (Å²) in [6.07, 6.45) is 2.26. The van der Waals surface area contributed by atoms with Gasteiger partial charge in [-0.05, 0) is 56.7 Å². The van der Waals surface area contributed by atoms with Crippen molar-refractivity contribution in [2.75, 3.05) is 23.3 Å². The topological polar surface area (TPSA) is 90.9 Å². The molecular formula is C23H30N4O3S. The van der Waals surface area contributed by atoms with Gasteiger partial charge in [-0.2, -0.15) is 0 Å². The number of amidine groups is 1. The van der Waals surface area contributed by atoms with Gasteiger partial charge in [0, 0.05) is 30.0 Å². The molecule has 1 aliphatic rings. The van der Waals surface area contributed by atoms with Crippen molar-refractivity contribution < 1.29 is 13.2 Å². The lowest BCUT2D eigenvalue weighted by molar-refractivity contribution is -0.117. The van der Waals surface area contributed by atoms with E-state index in [1.165, 1.54) is 0 Å². The first-order valence-corrected chi connectivity index (χ1v) is 12.2. The zero-order valence-corrected chi connectivity index (χ0v) is 19.1. The number of hydrogen-bond donors (Lipinski definition) is 2. The Morgan fingerprint density at radius 1 is 1.06 bits per heavy atom. The van der Waals surface area contributed by atoms with E-state index < -0.39 is 16.1 Å². The van der Waals surface area contributed by atoms with Crippen LogP contribution in [-0.2, 0) is 14.8 Å². The number of unbranched alkanes of at least 4 members (excludes halogenated alkanes) is 1. The maximum absolute atomic E-state index is 13.0. The molecule has 1 aliphatic heterocycles. The predicted molar refractivity (Wildman–Crippen MR) is 125 cm³/mol. The molecule has 166 valence electrons. The highest BCUT2D eigenvalue weighted by atomic mass is 32.2. The molecule has 31 heavy (non-hydrogen) atoms. The number of fused-ring (bicyclic) bond motifs is 1. The highest BCUT2D eigenvalue weighted by Gasteiger charge is 2.31. The van der Waals surface area contributed by atoms with Crippen LogP contribution in [0.15, 0.2) is 58.4 Å². The van der Waals surface area contributed by atoms with Crippen molar-refractivity contribution in [1.82, 2.24) is 4.72 Å².